The van der Waals surface area contributed by atoms with Crippen LogP contribution in [-0.2, 0) is 26.2 Å². The van der Waals surface area contributed by atoms with Crippen molar-refractivity contribution in [1.29, 1.82) is 0 Å². The summed E-state index contributed by atoms with van der Waals surface area (Å²) in [6.07, 6.45) is 0. The summed E-state index contributed by atoms with van der Waals surface area (Å²) in [6.45, 7) is 7.75. The lowest BCUT2D eigenvalue weighted by Crippen LogP contribution is -2.51. The molecule has 0 saturated carbocycles. The predicted octanol–water partition coefficient (Wildman–Crippen LogP) is 4.39. The van der Waals surface area contributed by atoms with Gasteiger partial charge >= 0.3 is 0 Å². The van der Waals surface area contributed by atoms with E-state index in [1.807, 2.05) is 45.0 Å². The SMILES string of the molecule is COc1ccc(S(=O)(=O)N(CC(=O)N(Cc2ccc(C)cc2)[C@@H](C)C(=O)NCC(C)C)c2ccccc2)cc1. The number of hydrogen-bond acceptors (Lipinski definition) is 5. The van der Waals surface area contributed by atoms with E-state index in [2.05, 4.69) is 5.32 Å². The lowest BCUT2D eigenvalue weighted by atomic mass is 10.1. The van der Waals surface area contributed by atoms with E-state index in [1.54, 1.807) is 49.4 Å². The number of sulfonamides is 1. The molecule has 0 radical (unpaired) electrons. The zero-order chi connectivity index (χ0) is 28.6. The molecule has 0 fully saturated rings. The number of benzene rings is 3. The highest BCUT2D eigenvalue weighted by Crippen LogP contribution is 2.25. The molecule has 0 aliphatic carbocycles. The van der Waals surface area contributed by atoms with Crippen LogP contribution in [0, 0.1) is 12.8 Å². The van der Waals surface area contributed by atoms with Crippen molar-refractivity contribution in [2.45, 2.75) is 45.2 Å². The number of nitrogens with zero attached hydrogens (tertiary/aromatic N) is 2. The summed E-state index contributed by atoms with van der Waals surface area (Å²) in [5.41, 5.74) is 2.25. The molecule has 0 aromatic heterocycles. The molecule has 39 heavy (non-hydrogen) atoms. The Morgan fingerprint density at radius 3 is 2.08 bits per heavy atom. The molecule has 3 aromatic carbocycles. The molecular formula is C30H37N3O5S. The minimum absolute atomic E-state index is 0.0211. The highest BCUT2D eigenvalue weighted by atomic mass is 32.2. The Bertz CT molecular complexity index is 1340. The van der Waals surface area contributed by atoms with Crippen molar-refractivity contribution in [2.24, 2.45) is 5.92 Å². The molecule has 2 amide bonds. The van der Waals surface area contributed by atoms with Crippen LogP contribution in [0.25, 0.3) is 0 Å². The predicted molar refractivity (Wildman–Crippen MR) is 153 cm³/mol. The number of carbonyl (C=O) groups excluding carboxylic acids is 2. The number of hydrogen-bond donors (Lipinski definition) is 1. The first-order valence-corrected chi connectivity index (χ1v) is 14.3. The van der Waals surface area contributed by atoms with Crippen LogP contribution >= 0.6 is 0 Å². The van der Waals surface area contributed by atoms with Gasteiger partial charge < -0.3 is 15.0 Å². The molecule has 0 aliphatic heterocycles. The molecule has 9 heteroatoms. The highest BCUT2D eigenvalue weighted by molar-refractivity contribution is 7.92. The second kappa shape index (κ2) is 13.3. The number of methoxy groups -OCH3 is 1. The number of amides is 2. The maximum atomic E-state index is 13.9. The zero-order valence-corrected chi connectivity index (χ0v) is 23.9. The third-order valence-corrected chi connectivity index (χ3v) is 8.08. The normalized spacial score (nSPS) is 12.1. The van der Waals surface area contributed by atoms with Crippen molar-refractivity contribution >= 4 is 27.5 Å². The molecule has 1 N–H and O–H groups in total. The first-order valence-electron chi connectivity index (χ1n) is 12.9. The summed E-state index contributed by atoms with van der Waals surface area (Å²) < 4.78 is 33.8. The van der Waals surface area contributed by atoms with Crippen LogP contribution in [0.4, 0.5) is 5.69 Å². The van der Waals surface area contributed by atoms with E-state index in [4.69, 9.17) is 4.74 Å². The molecule has 0 aliphatic rings. The Morgan fingerprint density at radius 2 is 1.51 bits per heavy atom. The molecule has 0 spiro atoms. The summed E-state index contributed by atoms with van der Waals surface area (Å²) in [5.74, 6) is -0.0375. The minimum atomic E-state index is -4.12. The van der Waals surface area contributed by atoms with Gasteiger partial charge in [-0.25, -0.2) is 8.42 Å². The molecule has 0 saturated heterocycles. The van der Waals surface area contributed by atoms with Gasteiger partial charge in [0.25, 0.3) is 10.0 Å². The molecule has 0 heterocycles. The summed E-state index contributed by atoms with van der Waals surface area (Å²) in [6, 6.07) is 21.3. The quantitative estimate of drug-likeness (QED) is 0.360. The number of ether oxygens (including phenoxy) is 1. The lowest BCUT2D eigenvalue weighted by Gasteiger charge is -2.32. The van der Waals surface area contributed by atoms with Crippen LogP contribution in [-0.4, -0.2) is 51.4 Å². The Labute approximate surface area is 231 Å². The number of para-hydroxylation sites is 1. The van der Waals surface area contributed by atoms with Crippen molar-refractivity contribution in [1.82, 2.24) is 10.2 Å². The molecule has 3 rings (SSSR count). The third-order valence-electron chi connectivity index (χ3n) is 6.30. The fourth-order valence-corrected chi connectivity index (χ4v) is 5.34. The van der Waals surface area contributed by atoms with Crippen LogP contribution in [0.3, 0.4) is 0 Å². The van der Waals surface area contributed by atoms with Crippen LogP contribution in [0.2, 0.25) is 0 Å². The second-order valence-corrected chi connectivity index (χ2v) is 11.7. The van der Waals surface area contributed by atoms with Gasteiger partial charge in [0.2, 0.25) is 11.8 Å². The van der Waals surface area contributed by atoms with Crippen molar-refractivity contribution in [2.75, 3.05) is 24.5 Å². The van der Waals surface area contributed by atoms with E-state index in [0.29, 0.717) is 18.0 Å². The van der Waals surface area contributed by atoms with Gasteiger partial charge in [-0.2, -0.15) is 0 Å². The highest BCUT2D eigenvalue weighted by Gasteiger charge is 2.32. The molecule has 1 atom stereocenters. The van der Waals surface area contributed by atoms with Crippen molar-refractivity contribution < 1.29 is 22.7 Å². The largest absolute Gasteiger partial charge is 0.497 e. The number of rotatable bonds is 12. The second-order valence-electron chi connectivity index (χ2n) is 9.84. The van der Waals surface area contributed by atoms with Crippen LogP contribution in [0.1, 0.15) is 31.9 Å². The van der Waals surface area contributed by atoms with Crippen molar-refractivity contribution in [3.05, 3.63) is 90.0 Å². The molecular weight excluding hydrogens is 514 g/mol. The van der Waals surface area contributed by atoms with Gasteiger partial charge in [0.15, 0.2) is 0 Å². The summed E-state index contributed by atoms with van der Waals surface area (Å²) >= 11 is 0. The van der Waals surface area contributed by atoms with Gasteiger partial charge in [0.05, 0.1) is 17.7 Å². The van der Waals surface area contributed by atoms with Gasteiger partial charge in [0.1, 0.15) is 18.3 Å². The maximum Gasteiger partial charge on any atom is 0.264 e. The van der Waals surface area contributed by atoms with E-state index in [-0.39, 0.29) is 23.3 Å². The third kappa shape index (κ3) is 7.83. The summed E-state index contributed by atoms with van der Waals surface area (Å²) in [7, 11) is -2.62. The number of aryl methyl sites for hydroxylation is 1. The monoisotopic (exact) mass is 551 g/mol. The average Bonchev–Trinajstić information content (AvgIpc) is 2.94. The maximum absolute atomic E-state index is 13.9. The van der Waals surface area contributed by atoms with Gasteiger partial charge in [-0.1, -0.05) is 61.9 Å². The van der Waals surface area contributed by atoms with E-state index in [0.717, 1.165) is 15.4 Å². The zero-order valence-electron chi connectivity index (χ0n) is 23.1. The summed E-state index contributed by atoms with van der Waals surface area (Å²) in [5, 5.41) is 2.89. The number of nitrogens with one attached hydrogen (secondary N) is 1. The Balaban J connectivity index is 1.98. The van der Waals surface area contributed by atoms with E-state index in [1.165, 1.54) is 24.1 Å². The average molecular weight is 552 g/mol. The Hall–Kier alpha value is -3.85. The minimum Gasteiger partial charge on any atom is -0.497 e. The van der Waals surface area contributed by atoms with E-state index < -0.39 is 28.5 Å². The molecule has 3 aromatic rings. The molecule has 208 valence electrons. The fraction of sp³-hybridized carbons (Fsp3) is 0.333. The van der Waals surface area contributed by atoms with Gasteiger partial charge in [0, 0.05) is 13.1 Å². The Kier molecular flexibility index (Phi) is 10.1. The number of anilines is 1. The topological polar surface area (TPSA) is 96.0 Å². The summed E-state index contributed by atoms with van der Waals surface area (Å²) in [4.78, 5) is 28.4. The number of carbonyl (C=O) groups is 2. The van der Waals surface area contributed by atoms with Crippen molar-refractivity contribution in [3.8, 4) is 5.75 Å². The van der Waals surface area contributed by atoms with Crippen LogP contribution in [0.5, 0.6) is 5.75 Å². The van der Waals surface area contributed by atoms with Gasteiger partial charge in [-0.05, 0) is 61.7 Å². The van der Waals surface area contributed by atoms with Crippen LogP contribution < -0.4 is 14.4 Å². The van der Waals surface area contributed by atoms with Crippen molar-refractivity contribution in [3.63, 3.8) is 0 Å². The Morgan fingerprint density at radius 1 is 0.897 bits per heavy atom. The van der Waals surface area contributed by atoms with E-state index in [9.17, 15) is 18.0 Å². The molecule has 8 nitrogen and oxygen atoms in total. The van der Waals surface area contributed by atoms with Gasteiger partial charge in [-0.3, -0.25) is 13.9 Å². The fourth-order valence-electron chi connectivity index (χ4n) is 3.92. The molecule has 0 bridgehead atoms. The van der Waals surface area contributed by atoms with Crippen LogP contribution in [0.15, 0.2) is 83.8 Å². The lowest BCUT2D eigenvalue weighted by molar-refractivity contribution is -0.139. The smallest absolute Gasteiger partial charge is 0.264 e. The van der Waals surface area contributed by atoms with Gasteiger partial charge in [-0.15, -0.1) is 0 Å². The first kappa shape index (κ1) is 29.7. The molecule has 0 unspecified atom stereocenters. The van der Waals surface area contributed by atoms with E-state index >= 15 is 0 Å². The first-order chi connectivity index (χ1) is 18.5. The standard InChI is InChI=1S/C30H37N3O5S/c1-22(2)19-31-30(35)24(4)32(20-25-13-11-23(3)12-14-25)29(34)21-33(26-9-7-6-8-10-26)39(36,37)28-17-15-27(38-5)16-18-28/h6-18,22,24H,19-21H2,1-5H3,(H,31,35)/t24-/m0/s1.